The van der Waals surface area contributed by atoms with Crippen LogP contribution in [0.1, 0.15) is 30.2 Å². The monoisotopic (exact) mass is 284 g/mol. The maximum Gasteiger partial charge on any atom is 0.122 e. The van der Waals surface area contributed by atoms with E-state index in [1.54, 1.807) is 0 Å². The number of nitrogens with zero attached hydrogens (tertiary/aromatic N) is 1. The number of aromatic nitrogens is 1. The summed E-state index contributed by atoms with van der Waals surface area (Å²) in [5.74, 6) is 1.06. The number of fused-ring (bicyclic) bond motifs is 1. The highest BCUT2D eigenvalue weighted by molar-refractivity contribution is 5.39. The summed E-state index contributed by atoms with van der Waals surface area (Å²) in [4.78, 5) is 0. The quantitative estimate of drug-likeness (QED) is 0.886. The van der Waals surface area contributed by atoms with E-state index in [0.29, 0.717) is 0 Å². The Morgan fingerprint density at radius 3 is 3.10 bits per heavy atom. The van der Waals surface area contributed by atoms with Crippen molar-refractivity contribution in [3.63, 3.8) is 0 Å². The topological polar surface area (TPSA) is 40.2 Å². The van der Waals surface area contributed by atoms with Gasteiger partial charge in [-0.05, 0) is 42.2 Å². The van der Waals surface area contributed by atoms with Crippen LogP contribution in [0.3, 0.4) is 0 Å². The largest absolute Gasteiger partial charge is 0.493 e. The summed E-state index contributed by atoms with van der Waals surface area (Å²) in [5.41, 5.74) is 10.2. The minimum Gasteiger partial charge on any atom is -0.493 e. The highest BCUT2D eigenvalue weighted by atomic mass is 16.5. The van der Waals surface area contributed by atoms with E-state index in [0.717, 1.165) is 44.6 Å². The fourth-order valence-corrected chi connectivity index (χ4v) is 2.91. The molecule has 3 nitrogen and oxygen atoms in total. The second kappa shape index (κ2) is 6.35. The van der Waals surface area contributed by atoms with Gasteiger partial charge >= 0.3 is 0 Å². The molecule has 2 N–H and O–H groups in total. The fraction of sp³-hybridized carbons (Fsp3) is 0.444. The Morgan fingerprint density at radius 2 is 2.24 bits per heavy atom. The first-order chi connectivity index (χ1) is 10.3. The van der Waals surface area contributed by atoms with Crippen LogP contribution in [-0.4, -0.2) is 17.2 Å². The van der Waals surface area contributed by atoms with Crippen LogP contribution >= 0.6 is 0 Å². The van der Waals surface area contributed by atoms with Gasteiger partial charge in [0.25, 0.3) is 0 Å². The van der Waals surface area contributed by atoms with Crippen LogP contribution in [-0.2, 0) is 25.8 Å². The lowest BCUT2D eigenvalue weighted by molar-refractivity contribution is 0.357. The summed E-state index contributed by atoms with van der Waals surface area (Å²) in [7, 11) is 0. The van der Waals surface area contributed by atoms with Crippen molar-refractivity contribution in [1.82, 2.24) is 4.57 Å². The number of hydrogen-bond donors (Lipinski definition) is 1. The molecular weight excluding hydrogens is 260 g/mol. The van der Waals surface area contributed by atoms with Crippen molar-refractivity contribution in [1.29, 1.82) is 0 Å². The highest BCUT2D eigenvalue weighted by Gasteiger charge is 2.12. The third-order valence-corrected chi connectivity index (χ3v) is 4.31. The first-order valence-corrected chi connectivity index (χ1v) is 7.90. The zero-order chi connectivity index (χ0) is 14.7. The van der Waals surface area contributed by atoms with Crippen molar-refractivity contribution in [2.75, 3.05) is 6.61 Å². The first-order valence-electron chi connectivity index (χ1n) is 7.90. The van der Waals surface area contributed by atoms with E-state index in [1.807, 2.05) is 0 Å². The van der Waals surface area contributed by atoms with Crippen molar-refractivity contribution in [2.45, 2.75) is 45.2 Å². The van der Waals surface area contributed by atoms with E-state index in [9.17, 15) is 0 Å². The van der Waals surface area contributed by atoms with Crippen LogP contribution in [0, 0.1) is 0 Å². The van der Waals surface area contributed by atoms with Crippen molar-refractivity contribution in [3.05, 3.63) is 53.3 Å². The van der Waals surface area contributed by atoms with Gasteiger partial charge < -0.3 is 15.0 Å². The third-order valence-electron chi connectivity index (χ3n) is 4.31. The minimum absolute atomic E-state index is 0.260. The third kappa shape index (κ3) is 3.30. The molecule has 0 radical (unpaired) electrons. The van der Waals surface area contributed by atoms with Crippen molar-refractivity contribution in [2.24, 2.45) is 5.73 Å². The van der Waals surface area contributed by atoms with Gasteiger partial charge in [0.2, 0.25) is 0 Å². The number of rotatable bonds is 6. The van der Waals surface area contributed by atoms with Gasteiger partial charge in [0.15, 0.2) is 0 Å². The van der Waals surface area contributed by atoms with E-state index in [1.165, 1.54) is 16.8 Å². The van der Waals surface area contributed by atoms with Crippen LogP contribution < -0.4 is 10.5 Å². The molecule has 1 atom stereocenters. The molecule has 0 spiro atoms. The zero-order valence-electron chi connectivity index (χ0n) is 12.7. The van der Waals surface area contributed by atoms with Crippen LogP contribution in [0.15, 0.2) is 36.5 Å². The second-order valence-electron chi connectivity index (χ2n) is 5.86. The number of benzene rings is 1. The Hall–Kier alpha value is -1.74. The van der Waals surface area contributed by atoms with Crippen LogP contribution in [0.25, 0.3) is 0 Å². The highest BCUT2D eigenvalue weighted by Crippen LogP contribution is 2.26. The van der Waals surface area contributed by atoms with E-state index < -0.39 is 0 Å². The van der Waals surface area contributed by atoms with Crippen molar-refractivity contribution >= 4 is 0 Å². The number of aryl methyl sites for hydroxylation is 2. The normalized spacial score (nSPS) is 14.8. The van der Waals surface area contributed by atoms with Gasteiger partial charge in [-0.3, -0.25) is 0 Å². The van der Waals surface area contributed by atoms with Gasteiger partial charge in [-0.1, -0.05) is 19.1 Å². The van der Waals surface area contributed by atoms with Gasteiger partial charge in [0, 0.05) is 37.3 Å². The molecule has 2 heterocycles. The van der Waals surface area contributed by atoms with E-state index >= 15 is 0 Å². The Labute approximate surface area is 126 Å². The molecule has 1 aliphatic heterocycles. The molecular formula is C18H24N2O. The Morgan fingerprint density at radius 1 is 1.33 bits per heavy atom. The molecule has 1 aliphatic rings. The lowest BCUT2D eigenvalue weighted by atomic mass is 10.1. The van der Waals surface area contributed by atoms with Crippen LogP contribution in [0.2, 0.25) is 0 Å². The summed E-state index contributed by atoms with van der Waals surface area (Å²) >= 11 is 0. The van der Waals surface area contributed by atoms with Gasteiger partial charge in [-0.2, -0.15) is 0 Å². The van der Waals surface area contributed by atoms with Crippen molar-refractivity contribution in [3.8, 4) is 5.75 Å². The van der Waals surface area contributed by atoms with E-state index in [2.05, 4.69) is 48.0 Å². The minimum atomic E-state index is 0.260. The molecule has 3 rings (SSSR count). The molecule has 3 heteroatoms. The maximum atomic E-state index is 6.07. The van der Waals surface area contributed by atoms with Crippen molar-refractivity contribution < 1.29 is 4.74 Å². The lowest BCUT2D eigenvalue weighted by Crippen LogP contribution is -2.23. The summed E-state index contributed by atoms with van der Waals surface area (Å²) in [6.07, 6.45) is 6.24. The second-order valence-corrected chi connectivity index (χ2v) is 5.86. The Kier molecular flexibility index (Phi) is 4.30. The predicted molar refractivity (Wildman–Crippen MR) is 85.7 cm³/mol. The molecule has 0 saturated carbocycles. The maximum absolute atomic E-state index is 6.07. The standard InChI is InChI=1S/C18H24N2O/c1-2-16(19)13-17-4-3-9-20(17)10-7-14-5-6-18-15(12-14)8-11-21-18/h3-6,9,12,16H,2,7-8,10-11,13,19H2,1H3. The molecule has 0 fully saturated rings. The molecule has 21 heavy (non-hydrogen) atoms. The molecule has 0 aliphatic carbocycles. The fourth-order valence-electron chi connectivity index (χ4n) is 2.91. The zero-order valence-corrected chi connectivity index (χ0v) is 12.7. The van der Waals surface area contributed by atoms with Gasteiger partial charge in [-0.15, -0.1) is 0 Å². The first kappa shape index (κ1) is 14.2. The Bertz CT molecular complexity index is 603. The molecule has 1 aromatic heterocycles. The van der Waals surface area contributed by atoms with E-state index in [4.69, 9.17) is 10.5 Å². The molecule has 0 saturated heterocycles. The summed E-state index contributed by atoms with van der Waals surface area (Å²) in [6.45, 7) is 3.98. The molecule has 0 amide bonds. The summed E-state index contributed by atoms with van der Waals surface area (Å²) in [5, 5.41) is 0. The smallest absolute Gasteiger partial charge is 0.122 e. The number of nitrogens with two attached hydrogens (primary N) is 1. The van der Waals surface area contributed by atoms with E-state index in [-0.39, 0.29) is 6.04 Å². The van der Waals surface area contributed by atoms with Gasteiger partial charge in [0.05, 0.1) is 6.61 Å². The SMILES string of the molecule is CCC(N)Cc1cccn1CCc1ccc2c(c1)CCO2. The lowest BCUT2D eigenvalue weighted by Gasteiger charge is -2.13. The number of hydrogen-bond acceptors (Lipinski definition) is 2. The Balaban J connectivity index is 1.64. The molecule has 2 aromatic rings. The summed E-state index contributed by atoms with van der Waals surface area (Å²) < 4.78 is 7.89. The molecule has 112 valence electrons. The average Bonchev–Trinajstić information content (AvgIpc) is 3.13. The number of ether oxygens (including phenoxy) is 1. The van der Waals surface area contributed by atoms with Gasteiger partial charge in [-0.25, -0.2) is 0 Å². The molecule has 0 bridgehead atoms. The predicted octanol–water partition coefficient (Wildman–Crippen LogP) is 2.95. The average molecular weight is 284 g/mol. The molecule has 1 aromatic carbocycles. The van der Waals surface area contributed by atoms with Crippen LogP contribution in [0.4, 0.5) is 0 Å². The van der Waals surface area contributed by atoms with Crippen LogP contribution in [0.5, 0.6) is 5.75 Å². The van der Waals surface area contributed by atoms with Gasteiger partial charge in [0.1, 0.15) is 5.75 Å². The molecule has 1 unspecified atom stereocenters. The summed E-state index contributed by atoms with van der Waals surface area (Å²) in [6, 6.07) is 11.2.